The van der Waals surface area contributed by atoms with Gasteiger partial charge in [-0.1, -0.05) is 23.1 Å². The minimum absolute atomic E-state index is 0.00782. The molecule has 1 aliphatic rings. The van der Waals surface area contributed by atoms with Crippen molar-refractivity contribution in [3.05, 3.63) is 31.6 Å². The first-order valence-corrected chi connectivity index (χ1v) is 9.79. The maximum Gasteiger partial charge on any atom is 0.259 e. The summed E-state index contributed by atoms with van der Waals surface area (Å²) in [5, 5.41) is 9.85. The number of aromatic amines is 1. The zero-order chi connectivity index (χ0) is 15.1. The highest BCUT2D eigenvalue weighted by Crippen LogP contribution is 2.34. The van der Waals surface area contributed by atoms with Gasteiger partial charge in [-0.15, -0.1) is 21.5 Å². The zero-order valence-electron chi connectivity index (χ0n) is 12.0. The number of hydrogen-bond donors (Lipinski definition) is 1. The van der Waals surface area contributed by atoms with Crippen molar-refractivity contribution in [3.63, 3.8) is 0 Å². The topological polar surface area (TPSA) is 71.5 Å². The first-order valence-electron chi connectivity index (χ1n) is 7.17. The fraction of sp³-hybridized carbons (Fsp3) is 0.429. The molecule has 3 aromatic heterocycles. The van der Waals surface area contributed by atoms with Gasteiger partial charge in [-0.05, 0) is 38.2 Å². The molecule has 3 heterocycles. The minimum Gasteiger partial charge on any atom is -0.309 e. The summed E-state index contributed by atoms with van der Waals surface area (Å²) in [7, 11) is 0. The van der Waals surface area contributed by atoms with E-state index < -0.39 is 0 Å². The summed E-state index contributed by atoms with van der Waals surface area (Å²) < 4.78 is 0.908. The molecule has 0 radical (unpaired) electrons. The van der Waals surface area contributed by atoms with Gasteiger partial charge in [0.2, 0.25) is 0 Å². The van der Waals surface area contributed by atoms with E-state index in [2.05, 4.69) is 20.2 Å². The Morgan fingerprint density at radius 3 is 2.91 bits per heavy atom. The fourth-order valence-corrected chi connectivity index (χ4v) is 5.71. The molecule has 0 saturated heterocycles. The van der Waals surface area contributed by atoms with Crippen molar-refractivity contribution in [1.82, 2.24) is 20.2 Å². The predicted molar refractivity (Wildman–Crippen MR) is 91.1 cm³/mol. The van der Waals surface area contributed by atoms with E-state index in [1.54, 1.807) is 34.4 Å². The van der Waals surface area contributed by atoms with Gasteiger partial charge in [0.1, 0.15) is 15.7 Å². The molecule has 22 heavy (non-hydrogen) atoms. The number of rotatable bonds is 3. The minimum atomic E-state index is 0.00782. The first kappa shape index (κ1) is 14.3. The van der Waals surface area contributed by atoms with Crippen molar-refractivity contribution in [2.75, 3.05) is 0 Å². The summed E-state index contributed by atoms with van der Waals surface area (Å²) in [5.41, 5.74) is 1.24. The molecule has 0 amide bonds. The largest absolute Gasteiger partial charge is 0.309 e. The van der Waals surface area contributed by atoms with Crippen molar-refractivity contribution in [3.8, 4) is 0 Å². The molecule has 0 atom stereocenters. The Morgan fingerprint density at radius 2 is 2.09 bits per heavy atom. The summed E-state index contributed by atoms with van der Waals surface area (Å²) in [5.74, 6) is 1.33. The highest BCUT2D eigenvalue weighted by atomic mass is 32.2. The van der Waals surface area contributed by atoms with Crippen LogP contribution in [0.15, 0.2) is 9.13 Å². The monoisotopic (exact) mass is 350 g/mol. The zero-order valence-corrected chi connectivity index (χ0v) is 14.5. The molecule has 1 N–H and O–H groups in total. The lowest BCUT2D eigenvalue weighted by Crippen LogP contribution is -2.12. The molecule has 4 rings (SSSR count). The summed E-state index contributed by atoms with van der Waals surface area (Å²) >= 11 is 4.81. The Kier molecular flexibility index (Phi) is 3.75. The Morgan fingerprint density at radius 1 is 1.23 bits per heavy atom. The highest BCUT2D eigenvalue weighted by molar-refractivity contribution is 8.00. The summed E-state index contributed by atoms with van der Waals surface area (Å²) in [6.07, 6.45) is 4.49. The van der Waals surface area contributed by atoms with Crippen molar-refractivity contribution >= 4 is 44.7 Å². The van der Waals surface area contributed by atoms with Crippen LogP contribution in [-0.4, -0.2) is 20.2 Å². The van der Waals surface area contributed by atoms with Crippen LogP contribution in [0.3, 0.4) is 0 Å². The number of aryl methyl sites for hydroxylation is 3. The second-order valence-corrected chi connectivity index (χ2v) is 8.77. The molecule has 0 spiro atoms. The van der Waals surface area contributed by atoms with Crippen LogP contribution >= 0.6 is 34.4 Å². The number of fused-ring (bicyclic) bond motifs is 3. The van der Waals surface area contributed by atoms with Gasteiger partial charge in [0.25, 0.3) is 5.56 Å². The molecular formula is C14H14N4OS3. The Balaban J connectivity index is 1.66. The van der Waals surface area contributed by atoms with Crippen LogP contribution in [0.2, 0.25) is 0 Å². The number of hydrogen-bond acceptors (Lipinski definition) is 7. The lowest BCUT2D eigenvalue weighted by molar-refractivity contribution is 0.700. The average Bonchev–Trinajstić information content (AvgIpc) is 3.08. The number of thioether (sulfide) groups is 1. The number of thiophene rings is 1. The summed E-state index contributed by atoms with van der Waals surface area (Å²) in [4.78, 5) is 22.3. The predicted octanol–water partition coefficient (Wildman–Crippen LogP) is 3.32. The van der Waals surface area contributed by atoms with Crippen molar-refractivity contribution in [2.24, 2.45) is 0 Å². The average molecular weight is 350 g/mol. The van der Waals surface area contributed by atoms with E-state index in [1.807, 2.05) is 6.92 Å². The van der Waals surface area contributed by atoms with E-state index in [4.69, 9.17) is 0 Å². The van der Waals surface area contributed by atoms with Gasteiger partial charge >= 0.3 is 0 Å². The van der Waals surface area contributed by atoms with E-state index in [0.717, 1.165) is 32.4 Å². The maximum atomic E-state index is 12.4. The Hall–Kier alpha value is -1.25. The van der Waals surface area contributed by atoms with Crippen LogP contribution in [0.5, 0.6) is 0 Å². The highest BCUT2D eigenvalue weighted by Gasteiger charge is 2.19. The lowest BCUT2D eigenvalue weighted by atomic mass is 9.97. The molecule has 0 unspecified atom stereocenters. The molecule has 0 fully saturated rings. The van der Waals surface area contributed by atoms with Crippen LogP contribution < -0.4 is 5.56 Å². The third kappa shape index (κ3) is 2.59. The molecule has 1 aliphatic carbocycles. The SMILES string of the molecule is Cc1nnc(SCc2nc3sc4c(c3c(=O)[nH]2)CCCC4)s1. The number of nitrogens with one attached hydrogen (secondary N) is 1. The summed E-state index contributed by atoms with van der Waals surface area (Å²) in [6, 6.07) is 0. The fourth-order valence-electron chi connectivity index (χ4n) is 2.74. The van der Waals surface area contributed by atoms with Crippen LogP contribution in [0, 0.1) is 6.92 Å². The van der Waals surface area contributed by atoms with Crippen molar-refractivity contribution in [2.45, 2.75) is 42.7 Å². The molecule has 3 aromatic rings. The molecule has 0 aliphatic heterocycles. The molecule has 0 bridgehead atoms. The van der Waals surface area contributed by atoms with E-state index in [0.29, 0.717) is 11.6 Å². The Bertz CT molecular complexity index is 895. The molecular weight excluding hydrogens is 336 g/mol. The quantitative estimate of drug-likeness (QED) is 0.734. The third-order valence-corrected chi connectivity index (χ3v) is 6.88. The van der Waals surface area contributed by atoms with E-state index in [1.165, 1.54) is 23.3 Å². The Labute approximate surface area is 139 Å². The van der Waals surface area contributed by atoms with E-state index >= 15 is 0 Å². The molecule has 114 valence electrons. The van der Waals surface area contributed by atoms with E-state index in [9.17, 15) is 4.79 Å². The second kappa shape index (κ2) is 5.75. The van der Waals surface area contributed by atoms with Gasteiger partial charge in [-0.2, -0.15) is 0 Å². The lowest BCUT2D eigenvalue weighted by Gasteiger charge is -2.09. The van der Waals surface area contributed by atoms with Crippen molar-refractivity contribution < 1.29 is 0 Å². The van der Waals surface area contributed by atoms with Gasteiger partial charge in [-0.25, -0.2) is 4.98 Å². The maximum absolute atomic E-state index is 12.4. The second-order valence-electron chi connectivity index (χ2n) is 5.28. The number of nitrogens with zero attached hydrogens (tertiary/aromatic N) is 3. The van der Waals surface area contributed by atoms with Gasteiger partial charge < -0.3 is 4.98 Å². The van der Waals surface area contributed by atoms with Crippen LogP contribution in [-0.2, 0) is 18.6 Å². The smallest absolute Gasteiger partial charge is 0.259 e. The van der Waals surface area contributed by atoms with Crippen LogP contribution in [0.25, 0.3) is 10.2 Å². The van der Waals surface area contributed by atoms with Gasteiger partial charge in [0.15, 0.2) is 4.34 Å². The number of H-pyrrole nitrogens is 1. The van der Waals surface area contributed by atoms with Crippen LogP contribution in [0.4, 0.5) is 0 Å². The van der Waals surface area contributed by atoms with Gasteiger partial charge in [0.05, 0.1) is 11.1 Å². The molecule has 8 heteroatoms. The van der Waals surface area contributed by atoms with Gasteiger partial charge in [0, 0.05) is 4.88 Å². The number of aromatic nitrogens is 4. The van der Waals surface area contributed by atoms with E-state index in [-0.39, 0.29) is 5.56 Å². The third-order valence-electron chi connectivity index (χ3n) is 3.71. The van der Waals surface area contributed by atoms with Crippen LogP contribution in [0.1, 0.15) is 34.1 Å². The van der Waals surface area contributed by atoms with Gasteiger partial charge in [-0.3, -0.25) is 4.79 Å². The standard InChI is InChI=1S/C14H14N4OS3/c1-7-17-18-14(21-7)20-6-10-15-12(19)11-8-4-2-3-5-9(8)22-13(11)16-10/h2-6H2,1H3,(H,15,16,19). The summed E-state index contributed by atoms with van der Waals surface area (Å²) in [6.45, 7) is 1.93. The normalized spacial score (nSPS) is 14.4. The molecule has 5 nitrogen and oxygen atoms in total. The molecule has 0 saturated carbocycles. The first-order chi connectivity index (χ1) is 10.7. The van der Waals surface area contributed by atoms with Crippen molar-refractivity contribution in [1.29, 1.82) is 0 Å². The molecule has 0 aromatic carbocycles.